The van der Waals surface area contributed by atoms with Crippen molar-refractivity contribution in [2.75, 3.05) is 13.1 Å². The monoisotopic (exact) mass is 285 g/mol. The molecule has 0 radical (unpaired) electrons. The predicted octanol–water partition coefficient (Wildman–Crippen LogP) is 3.86. The molecule has 1 aliphatic rings. The molecule has 0 amide bonds. The quantitative estimate of drug-likeness (QED) is 0.798. The summed E-state index contributed by atoms with van der Waals surface area (Å²) in [6, 6.07) is 10.4. The molecule has 104 valence electrons. The lowest BCUT2D eigenvalue weighted by atomic mass is 10.00. The zero-order chi connectivity index (χ0) is 14.1. The molecule has 20 heavy (non-hydrogen) atoms. The molecule has 3 rings (SSSR count). The van der Waals surface area contributed by atoms with Crippen LogP contribution < -0.4 is 0 Å². The van der Waals surface area contributed by atoms with Gasteiger partial charge in [0.15, 0.2) is 5.78 Å². The van der Waals surface area contributed by atoms with Gasteiger partial charge in [-0.1, -0.05) is 29.8 Å². The van der Waals surface area contributed by atoms with Crippen LogP contribution in [0.5, 0.6) is 0 Å². The van der Waals surface area contributed by atoms with Crippen LogP contribution in [0.1, 0.15) is 39.3 Å². The summed E-state index contributed by atoms with van der Waals surface area (Å²) in [5.74, 6) is 0.218. The number of aryl methyl sites for hydroxylation is 1. The Morgan fingerprint density at radius 2 is 2.05 bits per heavy atom. The van der Waals surface area contributed by atoms with Gasteiger partial charge in [0.05, 0.1) is 6.54 Å². The number of fused-ring (bicyclic) bond motifs is 1. The fraction of sp³-hybridized carbons (Fsp3) is 0.353. The van der Waals surface area contributed by atoms with Crippen LogP contribution in [0.15, 0.2) is 35.7 Å². The summed E-state index contributed by atoms with van der Waals surface area (Å²) < 4.78 is 0. The van der Waals surface area contributed by atoms with E-state index in [9.17, 15) is 4.79 Å². The maximum absolute atomic E-state index is 12.4. The number of hydrogen-bond donors (Lipinski definition) is 0. The van der Waals surface area contributed by atoms with Crippen LogP contribution in [0, 0.1) is 6.92 Å². The van der Waals surface area contributed by atoms with E-state index in [2.05, 4.69) is 23.3 Å². The third-order valence-electron chi connectivity index (χ3n) is 4.12. The maximum Gasteiger partial charge on any atom is 0.176 e. The zero-order valence-corrected chi connectivity index (χ0v) is 12.7. The van der Waals surface area contributed by atoms with Crippen molar-refractivity contribution in [2.24, 2.45) is 0 Å². The molecular formula is C17H19NOS. The number of carbonyl (C=O) groups is 1. The first kappa shape index (κ1) is 13.5. The Morgan fingerprint density at radius 1 is 1.30 bits per heavy atom. The van der Waals surface area contributed by atoms with Gasteiger partial charge in [-0.3, -0.25) is 9.69 Å². The second-order valence-corrected chi connectivity index (χ2v) is 6.49. The topological polar surface area (TPSA) is 20.3 Å². The van der Waals surface area contributed by atoms with Gasteiger partial charge >= 0.3 is 0 Å². The van der Waals surface area contributed by atoms with E-state index in [-0.39, 0.29) is 5.78 Å². The minimum atomic E-state index is 0.218. The summed E-state index contributed by atoms with van der Waals surface area (Å²) in [5.41, 5.74) is 3.41. The minimum Gasteiger partial charge on any atom is -0.293 e. The standard InChI is InChI=1S/C17H19NOS/c1-12-3-5-14(6-4-12)16(19)11-18-9-7-17-15(13(18)2)8-10-20-17/h3-6,8,10,13H,7,9,11H2,1-2H3. The summed E-state index contributed by atoms with van der Waals surface area (Å²) in [7, 11) is 0. The van der Waals surface area contributed by atoms with Crippen molar-refractivity contribution in [1.82, 2.24) is 4.90 Å². The van der Waals surface area contributed by atoms with Crippen LogP contribution >= 0.6 is 11.3 Å². The Hall–Kier alpha value is -1.45. The highest BCUT2D eigenvalue weighted by Gasteiger charge is 2.26. The summed E-state index contributed by atoms with van der Waals surface area (Å²) in [5, 5.41) is 2.16. The van der Waals surface area contributed by atoms with Crippen LogP contribution in [-0.2, 0) is 6.42 Å². The lowest BCUT2D eigenvalue weighted by molar-refractivity contribution is 0.0891. The van der Waals surface area contributed by atoms with Gasteiger partial charge in [0.2, 0.25) is 0 Å². The molecule has 2 nitrogen and oxygen atoms in total. The highest BCUT2D eigenvalue weighted by atomic mass is 32.1. The van der Waals surface area contributed by atoms with E-state index in [0.29, 0.717) is 12.6 Å². The van der Waals surface area contributed by atoms with E-state index in [1.54, 1.807) is 0 Å². The van der Waals surface area contributed by atoms with Crippen LogP contribution in [0.25, 0.3) is 0 Å². The molecule has 1 unspecified atom stereocenters. The summed E-state index contributed by atoms with van der Waals surface area (Å²) in [6.07, 6.45) is 1.07. The number of ketones is 1. The molecule has 0 N–H and O–H groups in total. The van der Waals surface area contributed by atoms with Gasteiger partial charge in [-0.15, -0.1) is 11.3 Å². The molecule has 1 atom stereocenters. The van der Waals surface area contributed by atoms with E-state index in [4.69, 9.17) is 0 Å². The van der Waals surface area contributed by atoms with Crippen molar-refractivity contribution in [3.63, 3.8) is 0 Å². The molecule has 0 aliphatic carbocycles. The van der Waals surface area contributed by atoms with Crippen molar-refractivity contribution in [3.05, 3.63) is 57.3 Å². The number of benzene rings is 1. The van der Waals surface area contributed by atoms with Crippen LogP contribution in [0.3, 0.4) is 0 Å². The first-order valence-corrected chi connectivity index (χ1v) is 7.93. The Labute approximate surface area is 124 Å². The molecule has 0 saturated heterocycles. The summed E-state index contributed by atoms with van der Waals surface area (Å²) in [6.45, 7) is 5.73. The number of carbonyl (C=O) groups excluding carboxylic acids is 1. The van der Waals surface area contributed by atoms with E-state index < -0.39 is 0 Å². The molecule has 0 fully saturated rings. The largest absolute Gasteiger partial charge is 0.293 e. The maximum atomic E-state index is 12.4. The minimum absolute atomic E-state index is 0.218. The first-order chi connectivity index (χ1) is 9.65. The van der Waals surface area contributed by atoms with Gasteiger partial charge in [0.1, 0.15) is 0 Å². The number of hydrogen-bond acceptors (Lipinski definition) is 3. The molecule has 2 heterocycles. The third kappa shape index (κ3) is 2.56. The Bertz CT molecular complexity index is 614. The van der Waals surface area contributed by atoms with Gasteiger partial charge in [-0.2, -0.15) is 0 Å². The van der Waals surface area contributed by atoms with Gasteiger partial charge in [0.25, 0.3) is 0 Å². The van der Waals surface area contributed by atoms with Crippen molar-refractivity contribution >= 4 is 17.1 Å². The predicted molar refractivity (Wildman–Crippen MR) is 83.5 cm³/mol. The number of thiophene rings is 1. The Morgan fingerprint density at radius 3 is 2.80 bits per heavy atom. The van der Waals surface area contributed by atoms with Crippen LogP contribution in [0.4, 0.5) is 0 Å². The second-order valence-electron chi connectivity index (χ2n) is 5.48. The van der Waals surface area contributed by atoms with Crippen molar-refractivity contribution in [1.29, 1.82) is 0 Å². The van der Waals surface area contributed by atoms with Crippen molar-refractivity contribution in [3.8, 4) is 0 Å². The number of nitrogens with zero attached hydrogens (tertiary/aromatic N) is 1. The van der Waals surface area contributed by atoms with E-state index in [1.165, 1.54) is 16.0 Å². The molecule has 0 spiro atoms. The molecule has 3 heteroatoms. The molecule has 0 saturated carbocycles. The van der Waals surface area contributed by atoms with Gasteiger partial charge in [0, 0.05) is 23.0 Å². The highest BCUT2D eigenvalue weighted by molar-refractivity contribution is 7.10. The molecule has 0 bridgehead atoms. The van der Waals surface area contributed by atoms with Gasteiger partial charge < -0.3 is 0 Å². The molecule has 2 aromatic rings. The molecular weight excluding hydrogens is 266 g/mol. The summed E-state index contributed by atoms with van der Waals surface area (Å²) in [4.78, 5) is 16.2. The fourth-order valence-electron chi connectivity index (χ4n) is 2.79. The lowest BCUT2D eigenvalue weighted by Crippen LogP contribution is -2.37. The zero-order valence-electron chi connectivity index (χ0n) is 11.9. The van der Waals surface area contributed by atoms with Crippen LogP contribution in [-0.4, -0.2) is 23.8 Å². The normalized spacial score (nSPS) is 18.8. The molecule has 1 aliphatic heterocycles. The van der Waals surface area contributed by atoms with Crippen molar-refractivity contribution < 1.29 is 4.79 Å². The smallest absolute Gasteiger partial charge is 0.176 e. The fourth-order valence-corrected chi connectivity index (χ4v) is 3.76. The Kier molecular flexibility index (Phi) is 3.72. The van der Waals surface area contributed by atoms with Gasteiger partial charge in [-0.25, -0.2) is 0 Å². The number of Topliss-reactive ketones (excluding diaryl/α,β-unsaturated/α-hetero) is 1. The van der Waals surface area contributed by atoms with E-state index >= 15 is 0 Å². The highest BCUT2D eigenvalue weighted by Crippen LogP contribution is 2.32. The van der Waals surface area contributed by atoms with Gasteiger partial charge in [-0.05, 0) is 37.3 Å². The summed E-state index contributed by atoms with van der Waals surface area (Å²) >= 11 is 1.84. The first-order valence-electron chi connectivity index (χ1n) is 7.05. The van der Waals surface area contributed by atoms with E-state index in [0.717, 1.165) is 18.5 Å². The second kappa shape index (κ2) is 5.51. The average Bonchev–Trinajstić information content (AvgIpc) is 2.92. The Balaban J connectivity index is 1.72. The van der Waals surface area contributed by atoms with E-state index in [1.807, 2.05) is 42.5 Å². The molecule has 1 aromatic carbocycles. The van der Waals surface area contributed by atoms with Crippen LogP contribution in [0.2, 0.25) is 0 Å². The average molecular weight is 285 g/mol. The number of rotatable bonds is 3. The SMILES string of the molecule is Cc1ccc(C(=O)CN2CCc3sccc3C2C)cc1. The lowest BCUT2D eigenvalue weighted by Gasteiger charge is -2.32. The molecule has 1 aromatic heterocycles. The van der Waals surface area contributed by atoms with Crippen molar-refractivity contribution in [2.45, 2.75) is 26.3 Å². The third-order valence-corrected chi connectivity index (χ3v) is 5.12.